The number of rotatable bonds is 6. The highest BCUT2D eigenvalue weighted by Gasteiger charge is 2.06. The van der Waals surface area contributed by atoms with Crippen molar-refractivity contribution >= 4 is 34.7 Å². The fourth-order valence-corrected chi connectivity index (χ4v) is 2.10. The SMILES string of the molecule is CCOc1cccnc1CCNC(=S)Nc1nccnc1Cl. The highest BCUT2D eigenvalue weighted by Crippen LogP contribution is 2.16. The highest BCUT2D eigenvalue weighted by atomic mass is 35.5. The van der Waals surface area contributed by atoms with Gasteiger partial charge in [-0.2, -0.15) is 0 Å². The number of halogens is 1. The number of thiocarbonyl (C=S) groups is 1. The van der Waals surface area contributed by atoms with Crippen molar-refractivity contribution in [1.82, 2.24) is 20.3 Å². The molecule has 0 aliphatic carbocycles. The molecule has 0 atom stereocenters. The Kier molecular flexibility index (Phi) is 6.29. The Morgan fingerprint density at radius 3 is 2.86 bits per heavy atom. The van der Waals surface area contributed by atoms with Crippen molar-refractivity contribution in [3.63, 3.8) is 0 Å². The van der Waals surface area contributed by atoms with Gasteiger partial charge in [-0.15, -0.1) is 0 Å². The summed E-state index contributed by atoms with van der Waals surface area (Å²) in [5.41, 5.74) is 0.886. The van der Waals surface area contributed by atoms with Crippen LogP contribution in [0.15, 0.2) is 30.7 Å². The maximum Gasteiger partial charge on any atom is 0.172 e. The van der Waals surface area contributed by atoms with E-state index in [0.717, 1.165) is 11.4 Å². The van der Waals surface area contributed by atoms with Crippen molar-refractivity contribution in [3.05, 3.63) is 41.6 Å². The number of hydrogen-bond acceptors (Lipinski definition) is 5. The second-order valence-corrected chi connectivity index (χ2v) is 4.97. The Bertz CT molecular complexity index is 640. The zero-order valence-electron chi connectivity index (χ0n) is 12.0. The van der Waals surface area contributed by atoms with E-state index in [-0.39, 0.29) is 5.15 Å². The monoisotopic (exact) mass is 337 g/mol. The van der Waals surface area contributed by atoms with E-state index in [2.05, 4.69) is 25.6 Å². The minimum atomic E-state index is 0.273. The molecular formula is C14H16ClN5OS. The van der Waals surface area contributed by atoms with Gasteiger partial charge in [0.2, 0.25) is 0 Å². The number of nitrogens with one attached hydrogen (secondary N) is 2. The maximum atomic E-state index is 5.90. The fraction of sp³-hybridized carbons (Fsp3) is 0.286. The normalized spacial score (nSPS) is 10.1. The van der Waals surface area contributed by atoms with E-state index in [9.17, 15) is 0 Å². The first kappa shape index (κ1) is 16.4. The zero-order chi connectivity index (χ0) is 15.8. The lowest BCUT2D eigenvalue weighted by molar-refractivity contribution is 0.334. The van der Waals surface area contributed by atoms with Gasteiger partial charge in [0.25, 0.3) is 0 Å². The molecule has 6 nitrogen and oxygen atoms in total. The van der Waals surface area contributed by atoms with Crippen molar-refractivity contribution in [2.75, 3.05) is 18.5 Å². The maximum absolute atomic E-state index is 5.90. The predicted octanol–water partition coefficient (Wildman–Crippen LogP) is 2.45. The Labute approximate surface area is 139 Å². The summed E-state index contributed by atoms with van der Waals surface area (Å²) in [7, 11) is 0. The third-order valence-corrected chi connectivity index (χ3v) is 3.20. The van der Waals surface area contributed by atoms with Crippen molar-refractivity contribution in [2.24, 2.45) is 0 Å². The molecule has 0 saturated carbocycles. The van der Waals surface area contributed by atoms with Crippen LogP contribution in [0.2, 0.25) is 5.15 Å². The number of nitrogens with zero attached hydrogens (tertiary/aromatic N) is 3. The van der Waals surface area contributed by atoms with E-state index < -0.39 is 0 Å². The lowest BCUT2D eigenvalue weighted by atomic mass is 10.2. The fourth-order valence-electron chi connectivity index (χ4n) is 1.75. The van der Waals surface area contributed by atoms with Gasteiger partial charge in [0.1, 0.15) is 5.75 Å². The smallest absolute Gasteiger partial charge is 0.172 e. The Hall–Kier alpha value is -1.99. The third-order valence-electron chi connectivity index (χ3n) is 2.68. The van der Waals surface area contributed by atoms with Gasteiger partial charge < -0.3 is 15.4 Å². The lowest BCUT2D eigenvalue weighted by Crippen LogP contribution is -2.30. The molecule has 2 rings (SSSR count). The van der Waals surface area contributed by atoms with E-state index in [1.807, 2.05) is 19.1 Å². The first-order chi connectivity index (χ1) is 10.7. The van der Waals surface area contributed by atoms with Crippen LogP contribution in [-0.2, 0) is 6.42 Å². The Balaban J connectivity index is 1.84. The molecule has 2 N–H and O–H groups in total. The Morgan fingerprint density at radius 2 is 2.09 bits per heavy atom. The summed E-state index contributed by atoms with van der Waals surface area (Å²) in [5.74, 6) is 1.22. The van der Waals surface area contributed by atoms with Crippen LogP contribution in [0.5, 0.6) is 5.75 Å². The molecule has 8 heteroatoms. The molecule has 2 heterocycles. The molecule has 0 aliphatic rings. The second kappa shape index (κ2) is 8.45. The third kappa shape index (κ3) is 4.78. The quantitative estimate of drug-likeness (QED) is 0.784. The summed E-state index contributed by atoms with van der Waals surface area (Å²) in [6.07, 6.45) is 5.49. The van der Waals surface area contributed by atoms with E-state index in [0.29, 0.717) is 30.5 Å². The Morgan fingerprint density at radius 1 is 1.27 bits per heavy atom. The first-order valence-electron chi connectivity index (χ1n) is 6.78. The molecule has 0 unspecified atom stereocenters. The van der Waals surface area contributed by atoms with Gasteiger partial charge in [0, 0.05) is 31.6 Å². The van der Waals surface area contributed by atoms with Crippen LogP contribution in [0.3, 0.4) is 0 Å². The van der Waals surface area contributed by atoms with Crippen LogP contribution in [0.1, 0.15) is 12.6 Å². The molecule has 0 bridgehead atoms. The summed E-state index contributed by atoms with van der Waals surface area (Å²) in [6.45, 7) is 3.16. The van der Waals surface area contributed by atoms with E-state index >= 15 is 0 Å². The average molecular weight is 338 g/mol. The van der Waals surface area contributed by atoms with Crippen molar-refractivity contribution < 1.29 is 4.74 Å². The van der Waals surface area contributed by atoms with E-state index in [1.54, 1.807) is 12.4 Å². The highest BCUT2D eigenvalue weighted by molar-refractivity contribution is 7.80. The lowest BCUT2D eigenvalue weighted by Gasteiger charge is -2.12. The molecule has 0 radical (unpaired) electrons. The van der Waals surface area contributed by atoms with Gasteiger partial charge in [-0.05, 0) is 31.3 Å². The molecule has 2 aromatic rings. The largest absolute Gasteiger partial charge is 0.492 e. The molecule has 2 aromatic heterocycles. The predicted molar refractivity (Wildman–Crippen MR) is 90.4 cm³/mol. The molecule has 116 valence electrons. The van der Waals surface area contributed by atoms with Crippen molar-refractivity contribution in [3.8, 4) is 5.75 Å². The van der Waals surface area contributed by atoms with Crippen LogP contribution >= 0.6 is 23.8 Å². The first-order valence-corrected chi connectivity index (χ1v) is 7.57. The summed E-state index contributed by atoms with van der Waals surface area (Å²) in [6, 6.07) is 3.76. The number of pyridine rings is 1. The van der Waals surface area contributed by atoms with Gasteiger partial charge in [-0.1, -0.05) is 11.6 Å². The molecule has 0 aromatic carbocycles. The van der Waals surface area contributed by atoms with Crippen molar-refractivity contribution in [1.29, 1.82) is 0 Å². The van der Waals surface area contributed by atoms with Crippen LogP contribution in [0.4, 0.5) is 5.82 Å². The summed E-state index contributed by atoms with van der Waals surface area (Å²) in [4.78, 5) is 12.3. The minimum absolute atomic E-state index is 0.273. The molecule has 0 saturated heterocycles. The van der Waals surface area contributed by atoms with Gasteiger partial charge in [-0.25, -0.2) is 9.97 Å². The van der Waals surface area contributed by atoms with Crippen LogP contribution in [-0.4, -0.2) is 33.2 Å². The molecular weight excluding hydrogens is 322 g/mol. The van der Waals surface area contributed by atoms with Gasteiger partial charge in [0.05, 0.1) is 12.3 Å². The standard InChI is InChI=1S/C14H16ClN5OS/c1-2-21-11-4-3-6-16-10(11)5-7-19-14(22)20-13-12(15)17-8-9-18-13/h3-4,6,8-9H,2,5,7H2,1H3,(H2,18,19,20,22). The number of aromatic nitrogens is 3. The minimum Gasteiger partial charge on any atom is -0.492 e. The van der Waals surface area contributed by atoms with Crippen LogP contribution in [0, 0.1) is 0 Å². The van der Waals surface area contributed by atoms with Crippen molar-refractivity contribution in [2.45, 2.75) is 13.3 Å². The summed E-state index contributed by atoms with van der Waals surface area (Å²) < 4.78 is 5.53. The number of anilines is 1. The van der Waals surface area contributed by atoms with E-state index in [4.69, 9.17) is 28.6 Å². The summed E-state index contributed by atoms with van der Waals surface area (Å²) in [5, 5.41) is 6.67. The molecule has 0 amide bonds. The number of ether oxygens (including phenoxy) is 1. The topological polar surface area (TPSA) is 72.0 Å². The van der Waals surface area contributed by atoms with Crippen LogP contribution < -0.4 is 15.4 Å². The van der Waals surface area contributed by atoms with Gasteiger partial charge in [-0.3, -0.25) is 4.98 Å². The van der Waals surface area contributed by atoms with Gasteiger partial charge in [0.15, 0.2) is 16.1 Å². The second-order valence-electron chi connectivity index (χ2n) is 4.21. The van der Waals surface area contributed by atoms with Crippen LogP contribution in [0.25, 0.3) is 0 Å². The zero-order valence-corrected chi connectivity index (χ0v) is 13.6. The number of hydrogen-bond donors (Lipinski definition) is 2. The van der Waals surface area contributed by atoms with Gasteiger partial charge >= 0.3 is 0 Å². The molecule has 22 heavy (non-hydrogen) atoms. The molecule has 0 spiro atoms. The average Bonchev–Trinajstić information content (AvgIpc) is 2.51. The molecule has 0 aliphatic heterocycles. The van der Waals surface area contributed by atoms with E-state index in [1.165, 1.54) is 6.20 Å². The molecule has 0 fully saturated rings. The summed E-state index contributed by atoms with van der Waals surface area (Å²) >= 11 is 11.1.